The third-order valence-electron chi connectivity index (χ3n) is 2.16. The zero-order valence-corrected chi connectivity index (χ0v) is 10.9. The zero-order valence-electron chi connectivity index (χ0n) is 10.9. The molecule has 3 unspecified atom stereocenters. The molecular formula is C12H27NO3. The third-order valence-corrected chi connectivity index (χ3v) is 2.16. The quantitative estimate of drug-likeness (QED) is 0.550. The number of hydrogen-bond donors (Lipinski definition) is 3. The normalized spacial score (nSPS) is 17.4. The predicted molar refractivity (Wildman–Crippen MR) is 65.4 cm³/mol. The van der Waals surface area contributed by atoms with E-state index in [1.807, 2.05) is 6.92 Å². The maximum Gasteiger partial charge on any atom is 0.0897 e. The molecule has 0 aromatic rings. The van der Waals surface area contributed by atoms with Gasteiger partial charge in [-0.25, -0.2) is 0 Å². The van der Waals surface area contributed by atoms with Crippen LogP contribution in [-0.4, -0.2) is 48.2 Å². The summed E-state index contributed by atoms with van der Waals surface area (Å²) in [6, 6.07) is 0.208. The van der Waals surface area contributed by atoms with Crippen molar-refractivity contribution in [3.63, 3.8) is 0 Å². The van der Waals surface area contributed by atoms with Crippen molar-refractivity contribution in [1.82, 2.24) is 5.32 Å². The lowest BCUT2D eigenvalue weighted by Gasteiger charge is -2.18. The van der Waals surface area contributed by atoms with E-state index in [9.17, 15) is 5.11 Å². The van der Waals surface area contributed by atoms with Crippen LogP contribution in [-0.2, 0) is 4.74 Å². The molecule has 3 atom stereocenters. The molecule has 0 aromatic carbocycles. The first-order valence-corrected chi connectivity index (χ1v) is 6.09. The maximum absolute atomic E-state index is 9.60. The Morgan fingerprint density at radius 3 is 2.19 bits per heavy atom. The Labute approximate surface area is 99.0 Å². The van der Waals surface area contributed by atoms with Gasteiger partial charge in [-0.2, -0.15) is 0 Å². The monoisotopic (exact) mass is 233 g/mol. The van der Waals surface area contributed by atoms with Crippen LogP contribution in [0.4, 0.5) is 0 Å². The van der Waals surface area contributed by atoms with Crippen LogP contribution < -0.4 is 5.32 Å². The highest BCUT2D eigenvalue weighted by Crippen LogP contribution is 1.97. The summed E-state index contributed by atoms with van der Waals surface area (Å²) < 4.78 is 5.33. The van der Waals surface area contributed by atoms with Crippen molar-refractivity contribution in [3.05, 3.63) is 0 Å². The van der Waals surface area contributed by atoms with Crippen LogP contribution in [0.25, 0.3) is 0 Å². The Bertz CT molecular complexity index is 162. The van der Waals surface area contributed by atoms with E-state index in [0.717, 1.165) is 0 Å². The van der Waals surface area contributed by atoms with Gasteiger partial charge in [0.1, 0.15) is 0 Å². The first kappa shape index (κ1) is 15.8. The smallest absolute Gasteiger partial charge is 0.0897 e. The van der Waals surface area contributed by atoms with Crippen LogP contribution in [0.5, 0.6) is 0 Å². The van der Waals surface area contributed by atoms with Crippen LogP contribution >= 0.6 is 0 Å². The van der Waals surface area contributed by atoms with E-state index in [-0.39, 0.29) is 12.1 Å². The van der Waals surface area contributed by atoms with Gasteiger partial charge in [-0.05, 0) is 26.2 Å². The van der Waals surface area contributed by atoms with Gasteiger partial charge in [-0.3, -0.25) is 0 Å². The predicted octanol–water partition coefficient (Wildman–Crippen LogP) is 0.769. The number of aliphatic hydroxyl groups excluding tert-OH is 2. The number of rotatable bonds is 9. The summed E-state index contributed by atoms with van der Waals surface area (Å²) in [5, 5.41) is 21.9. The lowest BCUT2D eigenvalue weighted by molar-refractivity contribution is 0.0244. The molecule has 0 heterocycles. The second-order valence-corrected chi connectivity index (χ2v) is 4.98. The highest BCUT2D eigenvalue weighted by Gasteiger charge is 2.09. The van der Waals surface area contributed by atoms with Crippen molar-refractivity contribution in [2.75, 3.05) is 19.8 Å². The Morgan fingerprint density at radius 1 is 1.06 bits per heavy atom. The van der Waals surface area contributed by atoms with Gasteiger partial charge in [0.05, 0.1) is 18.8 Å². The molecule has 0 rings (SSSR count). The molecule has 0 spiro atoms. The van der Waals surface area contributed by atoms with Gasteiger partial charge in [-0.15, -0.1) is 0 Å². The molecule has 3 N–H and O–H groups in total. The molecule has 0 bridgehead atoms. The van der Waals surface area contributed by atoms with Crippen LogP contribution in [0, 0.1) is 5.92 Å². The Kier molecular flexibility index (Phi) is 8.84. The Balaban J connectivity index is 3.45. The van der Waals surface area contributed by atoms with E-state index in [2.05, 4.69) is 19.2 Å². The van der Waals surface area contributed by atoms with Crippen molar-refractivity contribution >= 4 is 0 Å². The lowest BCUT2D eigenvalue weighted by atomic mass is 10.1. The summed E-state index contributed by atoms with van der Waals surface area (Å²) in [4.78, 5) is 0. The maximum atomic E-state index is 9.60. The van der Waals surface area contributed by atoms with Crippen LogP contribution in [0.15, 0.2) is 0 Å². The number of aliphatic hydroxyl groups is 2. The molecule has 0 saturated carbocycles. The molecule has 98 valence electrons. The summed E-state index contributed by atoms with van der Waals surface area (Å²) in [7, 11) is 0. The molecule has 0 aliphatic carbocycles. The number of nitrogens with one attached hydrogen (secondary N) is 1. The first-order valence-electron chi connectivity index (χ1n) is 6.09. The summed E-state index contributed by atoms with van der Waals surface area (Å²) in [5.41, 5.74) is 0. The highest BCUT2D eigenvalue weighted by molar-refractivity contribution is 4.67. The van der Waals surface area contributed by atoms with Crippen LogP contribution in [0.1, 0.15) is 34.1 Å². The molecule has 0 saturated heterocycles. The molecule has 0 aromatic heterocycles. The van der Waals surface area contributed by atoms with Gasteiger partial charge in [0.2, 0.25) is 0 Å². The first-order chi connectivity index (χ1) is 7.41. The Hall–Kier alpha value is -0.160. The minimum atomic E-state index is -0.477. The fourth-order valence-electron chi connectivity index (χ4n) is 1.43. The average molecular weight is 233 g/mol. The third kappa shape index (κ3) is 10.4. The molecule has 0 amide bonds. The highest BCUT2D eigenvalue weighted by atomic mass is 16.5. The molecule has 0 fully saturated rings. The molecule has 0 aliphatic rings. The second kappa shape index (κ2) is 8.93. The fourth-order valence-corrected chi connectivity index (χ4v) is 1.43. The van der Waals surface area contributed by atoms with Crippen LogP contribution in [0.3, 0.4) is 0 Å². The van der Waals surface area contributed by atoms with Crippen LogP contribution in [0.2, 0.25) is 0 Å². The molecule has 4 nitrogen and oxygen atoms in total. The average Bonchev–Trinajstić information content (AvgIpc) is 2.13. The van der Waals surface area contributed by atoms with Crippen molar-refractivity contribution in [1.29, 1.82) is 0 Å². The summed E-state index contributed by atoms with van der Waals surface area (Å²) >= 11 is 0. The number of hydrogen-bond acceptors (Lipinski definition) is 4. The summed E-state index contributed by atoms with van der Waals surface area (Å²) in [6.07, 6.45) is -0.0911. The van der Waals surface area contributed by atoms with Crippen molar-refractivity contribution < 1.29 is 14.9 Å². The van der Waals surface area contributed by atoms with Gasteiger partial charge in [0.15, 0.2) is 0 Å². The SMILES string of the molecule is CC(C)COCC(O)CNC(C)CC(C)O. The standard InChI is InChI=1S/C12H27NO3/c1-9(2)7-16-8-12(15)6-13-10(3)5-11(4)14/h9-15H,5-8H2,1-4H3. The number of ether oxygens (including phenoxy) is 1. The zero-order chi connectivity index (χ0) is 12.6. The summed E-state index contributed by atoms with van der Waals surface area (Å²) in [6.45, 7) is 9.47. The van der Waals surface area contributed by atoms with Gasteiger partial charge < -0.3 is 20.3 Å². The minimum Gasteiger partial charge on any atom is -0.393 e. The van der Waals surface area contributed by atoms with E-state index in [4.69, 9.17) is 9.84 Å². The van der Waals surface area contributed by atoms with Crippen molar-refractivity contribution in [2.45, 2.75) is 52.4 Å². The van der Waals surface area contributed by atoms with Gasteiger partial charge in [0.25, 0.3) is 0 Å². The van der Waals surface area contributed by atoms with Gasteiger partial charge >= 0.3 is 0 Å². The van der Waals surface area contributed by atoms with Crippen molar-refractivity contribution in [2.24, 2.45) is 5.92 Å². The second-order valence-electron chi connectivity index (χ2n) is 4.98. The fraction of sp³-hybridized carbons (Fsp3) is 1.00. The van der Waals surface area contributed by atoms with Gasteiger partial charge in [0, 0.05) is 19.2 Å². The van der Waals surface area contributed by atoms with E-state index < -0.39 is 6.10 Å². The largest absolute Gasteiger partial charge is 0.393 e. The minimum absolute atomic E-state index is 0.208. The lowest BCUT2D eigenvalue weighted by Crippen LogP contribution is -2.37. The van der Waals surface area contributed by atoms with E-state index >= 15 is 0 Å². The molecule has 16 heavy (non-hydrogen) atoms. The van der Waals surface area contributed by atoms with E-state index in [1.54, 1.807) is 6.92 Å². The summed E-state index contributed by atoms with van der Waals surface area (Å²) in [5.74, 6) is 0.495. The van der Waals surface area contributed by atoms with E-state index in [1.165, 1.54) is 0 Å². The topological polar surface area (TPSA) is 61.7 Å². The molecular weight excluding hydrogens is 206 g/mol. The molecule has 0 aliphatic heterocycles. The van der Waals surface area contributed by atoms with Crippen molar-refractivity contribution in [3.8, 4) is 0 Å². The molecule has 0 radical (unpaired) electrons. The van der Waals surface area contributed by atoms with E-state index in [0.29, 0.717) is 32.1 Å². The molecule has 4 heteroatoms. The Morgan fingerprint density at radius 2 is 1.69 bits per heavy atom. The van der Waals surface area contributed by atoms with Gasteiger partial charge in [-0.1, -0.05) is 13.8 Å².